The predicted octanol–water partition coefficient (Wildman–Crippen LogP) is 1.10. The molecule has 1 aromatic rings. The van der Waals surface area contributed by atoms with Crippen LogP contribution in [-0.4, -0.2) is 41.9 Å². The van der Waals surface area contributed by atoms with Gasteiger partial charge in [0.15, 0.2) is 5.82 Å². The minimum Gasteiger partial charge on any atom is -0.481 e. The van der Waals surface area contributed by atoms with Crippen molar-refractivity contribution in [2.24, 2.45) is 5.92 Å². The van der Waals surface area contributed by atoms with Gasteiger partial charge in [-0.25, -0.2) is 17.8 Å². The van der Waals surface area contributed by atoms with E-state index in [9.17, 15) is 17.6 Å². The number of halogens is 1. The van der Waals surface area contributed by atoms with E-state index in [1.807, 2.05) is 0 Å². The number of aliphatic carboxylic acids is 1. The average molecular weight is 302 g/mol. The fourth-order valence-corrected chi connectivity index (χ4v) is 3.73. The molecule has 0 aliphatic carbocycles. The highest BCUT2D eigenvalue weighted by Gasteiger charge is 2.32. The van der Waals surface area contributed by atoms with Crippen molar-refractivity contribution in [2.45, 2.75) is 24.3 Å². The highest BCUT2D eigenvalue weighted by atomic mass is 32.2. The first kappa shape index (κ1) is 14.9. The number of hydrogen-bond donors (Lipinski definition) is 1. The number of piperidine rings is 1. The summed E-state index contributed by atoms with van der Waals surface area (Å²) >= 11 is 0. The molecule has 0 saturated carbocycles. The first-order valence-corrected chi connectivity index (χ1v) is 7.67. The van der Waals surface area contributed by atoms with E-state index in [4.69, 9.17) is 5.11 Å². The molecule has 1 aromatic heterocycles. The van der Waals surface area contributed by atoms with E-state index in [2.05, 4.69) is 4.98 Å². The number of carboxylic acid groups (broad SMARTS) is 1. The summed E-state index contributed by atoms with van der Waals surface area (Å²) in [5.74, 6) is -1.80. The fourth-order valence-electron chi connectivity index (χ4n) is 2.28. The van der Waals surface area contributed by atoms with Crippen molar-refractivity contribution in [2.75, 3.05) is 13.1 Å². The molecule has 20 heavy (non-hydrogen) atoms. The number of pyridine rings is 1. The highest BCUT2D eigenvalue weighted by molar-refractivity contribution is 7.89. The lowest BCUT2D eigenvalue weighted by atomic mass is 9.95. The third kappa shape index (κ3) is 3.13. The fraction of sp³-hybridized carbons (Fsp3) is 0.500. The van der Waals surface area contributed by atoms with Crippen LogP contribution in [0.3, 0.4) is 0 Å². The molecule has 1 saturated heterocycles. The number of sulfonamides is 1. The number of rotatable bonds is 4. The average Bonchev–Trinajstić information content (AvgIpc) is 2.39. The van der Waals surface area contributed by atoms with Crippen molar-refractivity contribution in [3.05, 3.63) is 24.1 Å². The van der Waals surface area contributed by atoms with E-state index < -0.39 is 26.8 Å². The molecule has 0 unspecified atom stereocenters. The molecule has 0 aromatic carbocycles. The Hall–Kier alpha value is -1.54. The zero-order valence-corrected chi connectivity index (χ0v) is 11.5. The Morgan fingerprint density at radius 3 is 2.65 bits per heavy atom. The van der Waals surface area contributed by atoms with Crippen LogP contribution in [0.15, 0.2) is 23.4 Å². The Kier molecular flexibility index (Phi) is 4.34. The van der Waals surface area contributed by atoms with Gasteiger partial charge >= 0.3 is 5.97 Å². The second-order valence-corrected chi connectivity index (χ2v) is 6.59. The van der Waals surface area contributed by atoms with Gasteiger partial charge in [-0.2, -0.15) is 4.31 Å². The SMILES string of the molecule is O=C(O)CC1CCN(S(=O)(=O)c2ncccc2F)CC1. The van der Waals surface area contributed by atoms with E-state index in [1.165, 1.54) is 12.3 Å². The molecule has 110 valence electrons. The molecule has 1 aliphatic heterocycles. The molecule has 2 rings (SSSR count). The molecule has 0 bridgehead atoms. The van der Waals surface area contributed by atoms with E-state index in [-0.39, 0.29) is 25.4 Å². The van der Waals surface area contributed by atoms with E-state index >= 15 is 0 Å². The van der Waals surface area contributed by atoms with Crippen LogP contribution in [-0.2, 0) is 14.8 Å². The monoisotopic (exact) mass is 302 g/mol. The Morgan fingerprint density at radius 1 is 1.45 bits per heavy atom. The minimum absolute atomic E-state index is 0.0336. The van der Waals surface area contributed by atoms with Gasteiger partial charge in [-0.3, -0.25) is 4.79 Å². The van der Waals surface area contributed by atoms with Crippen LogP contribution in [0.2, 0.25) is 0 Å². The van der Waals surface area contributed by atoms with Crippen LogP contribution < -0.4 is 0 Å². The molecule has 6 nitrogen and oxygen atoms in total. The van der Waals surface area contributed by atoms with Crippen molar-refractivity contribution >= 4 is 16.0 Å². The summed E-state index contributed by atoms with van der Waals surface area (Å²) in [5, 5.41) is 8.14. The number of nitrogens with zero attached hydrogens (tertiary/aromatic N) is 2. The molecule has 0 amide bonds. The summed E-state index contributed by atoms with van der Waals surface area (Å²) in [4.78, 5) is 14.2. The zero-order chi connectivity index (χ0) is 14.8. The van der Waals surface area contributed by atoms with Gasteiger partial charge in [0.1, 0.15) is 0 Å². The third-order valence-electron chi connectivity index (χ3n) is 3.35. The Balaban J connectivity index is 2.10. The molecular formula is C12H15FN2O4S. The van der Waals surface area contributed by atoms with E-state index in [0.29, 0.717) is 12.8 Å². The van der Waals surface area contributed by atoms with Gasteiger partial charge < -0.3 is 5.11 Å². The number of carboxylic acids is 1. The normalized spacial score (nSPS) is 18.1. The molecule has 1 aliphatic rings. The van der Waals surface area contributed by atoms with Crippen molar-refractivity contribution in [3.63, 3.8) is 0 Å². The van der Waals surface area contributed by atoms with Gasteiger partial charge in [-0.1, -0.05) is 0 Å². The molecule has 1 N–H and O–H groups in total. The molecule has 0 spiro atoms. The van der Waals surface area contributed by atoms with E-state index in [1.54, 1.807) is 0 Å². The second kappa shape index (κ2) is 5.84. The standard InChI is InChI=1S/C12H15FN2O4S/c13-10-2-1-5-14-12(10)20(18,19)15-6-3-9(4-7-15)8-11(16)17/h1-2,5,9H,3-4,6-8H2,(H,16,17). The Bertz CT molecular complexity index is 597. The summed E-state index contributed by atoms with van der Waals surface area (Å²) in [6.07, 6.45) is 2.18. The lowest BCUT2D eigenvalue weighted by Crippen LogP contribution is -2.39. The second-order valence-electron chi connectivity index (χ2n) is 4.74. The van der Waals surface area contributed by atoms with Crippen LogP contribution in [0.1, 0.15) is 19.3 Å². The van der Waals surface area contributed by atoms with Crippen molar-refractivity contribution in [3.8, 4) is 0 Å². The predicted molar refractivity (Wildman–Crippen MR) is 67.9 cm³/mol. The van der Waals surface area contributed by atoms with Gasteiger partial charge in [-0.05, 0) is 30.9 Å². The highest BCUT2D eigenvalue weighted by Crippen LogP contribution is 2.25. The van der Waals surface area contributed by atoms with Gasteiger partial charge in [0.25, 0.3) is 10.0 Å². The van der Waals surface area contributed by atoms with Crippen LogP contribution in [0.25, 0.3) is 0 Å². The Morgan fingerprint density at radius 2 is 2.10 bits per heavy atom. The topological polar surface area (TPSA) is 87.6 Å². The van der Waals surface area contributed by atoms with Crippen molar-refractivity contribution < 1.29 is 22.7 Å². The summed E-state index contributed by atoms with van der Waals surface area (Å²) in [7, 11) is -3.94. The third-order valence-corrected chi connectivity index (χ3v) is 5.18. The first-order valence-electron chi connectivity index (χ1n) is 6.23. The van der Waals surface area contributed by atoms with Gasteiger partial charge in [-0.15, -0.1) is 0 Å². The van der Waals surface area contributed by atoms with Crippen molar-refractivity contribution in [1.82, 2.24) is 9.29 Å². The number of hydrogen-bond acceptors (Lipinski definition) is 4. The largest absolute Gasteiger partial charge is 0.481 e. The number of carbonyl (C=O) groups is 1. The van der Waals surface area contributed by atoms with Crippen LogP contribution >= 0.6 is 0 Å². The van der Waals surface area contributed by atoms with Crippen LogP contribution in [0.5, 0.6) is 0 Å². The number of aromatic nitrogens is 1. The molecule has 2 heterocycles. The maximum Gasteiger partial charge on any atom is 0.303 e. The smallest absolute Gasteiger partial charge is 0.303 e. The summed E-state index contributed by atoms with van der Waals surface area (Å²) < 4.78 is 39.2. The molecular weight excluding hydrogens is 287 g/mol. The zero-order valence-electron chi connectivity index (χ0n) is 10.7. The van der Waals surface area contributed by atoms with Crippen LogP contribution in [0, 0.1) is 11.7 Å². The minimum atomic E-state index is -3.94. The van der Waals surface area contributed by atoms with E-state index in [0.717, 1.165) is 10.4 Å². The Labute approximate surface area is 116 Å². The lowest BCUT2D eigenvalue weighted by molar-refractivity contribution is -0.138. The summed E-state index contributed by atoms with van der Waals surface area (Å²) in [5.41, 5.74) is 0. The van der Waals surface area contributed by atoms with Crippen LogP contribution in [0.4, 0.5) is 4.39 Å². The summed E-state index contributed by atoms with van der Waals surface area (Å²) in [6.45, 7) is 0.382. The molecule has 1 fully saturated rings. The molecule has 8 heteroatoms. The first-order chi connectivity index (χ1) is 9.41. The maximum absolute atomic E-state index is 13.5. The lowest BCUT2D eigenvalue weighted by Gasteiger charge is -2.30. The summed E-state index contributed by atoms with van der Waals surface area (Å²) in [6, 6.07) is 2.38. The van der Waals surface area contributed by atoms with Gasteiger partial charge in [0.05, 0.1) is 0 Å². The van der Waals surface area contributed by atoms with Gasteiger partial charge in [0, 0.05) is 25.7 Å². The van der Waals surface area contributed by atoms with Gasteiger partial charge in [0.2, 0.25) is 5.03 Å². The maximum atomic E-state index is 13.5. The van der Waals surface area contributed by atoms with Crippen molar-refractivity contribution in [1.29, 1.82) is 0 Å². The molecule has 0 atom stereocenters. The quantitative estimate of drug-likeness (QED) is 0.899. The molecule has 0 radical (unpaired) electrons.